The van der Waals surface area contributed by atoms with Gasteiger partial charge in [0.05, 0.1) is 5.69 Å². The minimum absolute atomic E-state index is 0.160. The third-order valence-electron chi connectivity index (χ3n) is 3.29. The Bertz CT molecular complexity index is 610. The number of phenols is 1. The molecule has 4 N–H and O–H groups in total. The van der Waals surface area contributed by atoms with Crippen LogP contribution in [0, 0.1) is 6.07 Å². The molecule has 2 heterocycles. The maximum Gasteiger partial charge on any atom is 0.222 e. The number of hydrogen-bond donors (Lipinski definition) is 3. The first-order chi connectivity index (χ1) is 9.74. The zero-order chi connectivity index (χ0) is 13.9. The maximum absolute atomic E-state index is 9.91. The second-order valence-electron chi connectivity index (χ2n) is 4.65. The van der Waals surface area contributed by atoms with E-state index in [4.69, 9.17) is 5.73 Å². The fourth-order valence-corrected chi connectivity index (χ4v) is 2.27. The predicted octanol–water partition coefficient (Wildman–Crippen LogP) is 0.641. The lowest BCUT2D eigenvalue weighted by Crippen LogP contribution is -2.44. The number of phenolic OH excluding ortho intramolecular Hbond substituents is 1. The molecular weight excluding hydrogens is 254 g/mol. The first-order valence-electron chi connectivity index (χ1n) is 6.54. The smallest absolute Gasteiger partial charge is 0.222 e. The average Bonchev–Trinajstić information content (AvgIpc) is 2.48. The molecule has 1 radical (unpaired) electrons. The van der Waals surface area contributed by atoms with Gasteiger partial charge in [-0.15, -0.1) is 0 Å². The summed E-state index contributed by atoms with van der Waals surface area (Å²) in [5, 5.41) is 13.2. The van der Waals surface area contributed by atoms with Gasteiger partial charge in [0, 0.05) is 37.8 Å². The minimum atomic E-state index is 0.160. The summed E-state index contributed by atoms with van der Waals surface area (Å²) in [5.41, 5.74) is 7.02. The van der Waals surface area contributed by atoms with E-state index in [2.05, 4.69) is 26.3 Å². The van der Waals surface area contributed by atoms with Crippen molar-refractivity contribution in [3.8, 4) is 17.0 Å². The van der Waals surface area contributed by atoms with Crippen LogP contribution in [-0.2, 0) is 0 Å². The molecule has 0 spiro atoms. The van der Waals surface area contributed by atoms with E-state index >= 15 is 0 Å². The molecule has 0 atom stereocenters. The lowest BCUT2D eigenvalue weighted by molar-refractivity contribution is 0.477. The summed E-state index contributed by atoms with van der Waals surface area (Å²) in [7, 11) is 0. The summed E-state index contributed by atoms with van der Waals surface area (Å²) >= 11 is 0. The molecule has 0 saturated carbocycles. The van der Waals surface area contributed by atoms with E-state index in [1.165, 1.54) is 0 Å². The van der Waals surface area contributed by atoms with Gasteiger partial charge in [0.2, 0.25) is 5.95 Å². The van der Waals surface area contributed by atoms with Crippen LogP contribution in [0.4, 0.5) is 11.8 Å². The number of nitrogen functional groups attached to an aromatic ring is 1. The van der Waals surface area contributed by atoms with Crippen LogP contribution in [0.1, 0.15) is 0 Å². The van der Waals surface area contributed by atoms with Crippen LogP contribution in [0.25, 0.3) is 11.3 Å². The SMILES string of the molecule is Nc1nc(-c2c[c]ccc2O)cc(N2CCNCC2)n1. The summed E-state index contributed by atoms with van der Waals surface area (Å²) in [6.45, 7) is 3.60. The van der Waals surface area contributed by atoms with E-state index in [1.54, 1.807) is 18.2 Å². The zero-order valence-corrected chi connectivity index (χ0v) is 11.0. The van der Waals surface area contributed by atoms with Crippen molar-refractivity contribution in [1.29, 1.82) is 0 Å². The normalized spacial score (nSPS) is 15.3. The van der Waals surface area contributed by atoms with Gasteiger partial charge >= 0.3 is 0 Å². The van der Waals surface area contributed by atoms with Crippen molar-refractivity contribution in [3.63, 3.8) is 0 Å². The highest BCUT2D eigenvalue weighted by atomic mass is 16.3. The van der Waals surface area contributed by atoms with Crippen molar-refractivity contribution in [2.45, 2.75) is 0 Å². The Morgan fingerprint density at radius 3 is 2.85 bits per heavy atom. The van der Waals surface area contributed by atoms with Gasteiger partial charge in [0.25, 0.3) is 0 Å². The predicted molar refractivity (Wildman–Crippen MR) is 77.5 cm³/mol. The van der Waals surface area contributed by atoms with E-state index in [0.717, 1.165) is 32.0 Å². The van der Waals surface area contributed by atoms with Crippen LogP contribution in [0.15, 0.2) is 24.3 Å². The van der Waals surface area contributed by atoms with Gasteiger partial charge in [0.1, 0.15) is 11.6 Å². The summed E-state index contributed by atoms with van der Waals surface area (Å²) in [5.74, 6) is 1.16. The number of nitrogens with two attached hydrogens (primary N) is 1. The molecule has 103 valence electrons. The molecule has 6 heteroatoms. The molecule has 0 unspecified atom stereocenters. The molecule has 2 aromatic rings. The highest BCUT2D eigenvalue weighted by Crippen LogP contribution is 2.29. The van der Waals surface area contributed by atoms with Gasteiger partial charge in [0.15, 0.2) is 0 Å². The van der Waals surface area contributed by atoms with Gasteiger partial charge in [-0.05, 0) is 18.2 Å². The van der Waals surface area contributed by atoms with Crippen LogP contribution >= 0.6 is 0 Å². The van der Waals surface area contributed by atoms with Crippen LogP contribution in [0.2, 0.25) is 0 Å². The lowest BCUT2D eigenvalue weighted by atomic mass is 10.1. The number of piperazine rings is 1. The molecule has 1 saturated heterocycles. The summed E-state index contributed by atoms with van der Waals surface area (Å²) < 4.78 is 0. The molecule has 1 aliphatic heterocycles. The Morgan fingerprint density at radius 2 is 2.10 bits per heavy atom. The zero-order valence-electron chi connectivity index (χ0n) is 11.0. The Morgan fingerprint density at radius 1 is 1.30 bits per heavy atom. The second kappa shape index (κ2) is 5.34. The van der Waals surface area contributed by atoms with E-state index in [9.17, 15) is 5.11 Å². The van der Waals surface area contributed by atoms with Gasteiger partial charge in [-0.3, -0.25) is 0 Å². The molecule has 0 bridgehead atoms. The van der Waals surface area contributed by atoms with Crippen molar-refractivity contribution in [2.24, 2.45) is 0 Å². The minimum Gasteiger partial charge on any atom is -0.507 e. The van der Waals surface area contributed by atoms with Crippen molar-refractivity contribution in [2.75, 3.05) is 36.8 Å². The first kappa shape index (κ1) is 12.7. The van der Waals surface area contributed by atoms with Gasteiger partial charge in [-0.25, -0.2) is 4.98 Å². The van der Waals surface area contributed by atoms with E-state index in [0.29, 0.717) is 11.3 Å². The second-order valence-corrected chi connectivity index (χ2v) is 4.65. The van der Waals surface area contributed by atoms with Gasteiger partial charge in [-0.1, -0.05) is 6.07 Å². The molecular formula is C14H16N5O. The Balaban J connectivity index is 2.00. The highest BCUT2D eigenvalue weighted by molar-refractivity contribution is 5.69. The third-order valence-corrected chi connectivity index (χ3v) is 3.29. The average molecular weight is 270 g/mol. The molecule has 0 amide bonds. The van der Waals surface area contributed by atoms with Crippen molar-refractivity contribution in [3.05, 3.63) is 30.3 Å². The number of benzene rings is 1. The fraction of sp³-hybridized carbons (Fsp3) is 0.286. The number of nitrogens with zero attached hydrogens (tertiary/aromatic N) is 3. The standard InChI is InChI=1S/C14H16N5O/c15-14-17-11(10-3-1-2-4-12(10)20)9-13(18-14)19-7-5-16-6-8-19/h2-4,9,16,20H,5-8H2,(H2,15,17,18). The molecule has 1 aromatic carbocycles. The number of aromatic nitrogens is 2. The first-order valence-corrected chi connectivity index (χ1v) is 6.54. The molecule has 6 nitrogen and oxygen atoms in total. The van der Waals surface area contributed by atoms with Gasteiger partial charge in [-0.2, -0.15) is 4.98 Å². The third kappa shape index (κ3) is 2.50. The van der Waals surface area contributed by atoms with Gasteiger partial charge < -0.3 is 21.1 Å². The van der Waals surface area contributed by atoms with Crippen molar-refractivity contribution in [1.82, 2.24) is 15.3 Å². The fourth-order valence-electron chi connectivity index (χ4n) is 2.27. The summed E-state index contributed by atoms with van der Waals surface area (Å²) in [6, 6.07) is 9.71. The number of nitrogens with one attached hydrogen (secondary N) is 1. The monoisotopic (exact) mass is 270 g/mol. The topological polar surface area (TPSA) is 87.3 Å². The number of rotatable bonds is 2. The quantitative estimate of drug-likeness (QED) is 0.742. The largest absolute Gasteiger partial charge is 0.507 e. The molecule has 1 aromatic heterocycles. The Kier molecular flexibility index (Phi) is 3.39. The van der Waals surface area contributed by atoms with Crippen LogP contribution < -0.4 is 16.0 Å². The Hall–Kier alpha value is -2.34. The molecule has 1 aliphatic rings. The maximum atomic E-state index is 9.91. The van der Waals surface area contributed by atoms with E-state index < -0.39 is 0 Å². The number of aromatic hydroxyl groups is 1. The molecule has 1 fully saturated rings. The lowest BCUT2D eigenvalue weighted by Gasteiger charge is -2.28. The highest BCUT2D eigenvalue weighted by Gasteiger charge is 2.15. The van der Waals surface area contributed by atoms with Crippen LogP contribution in [0.3, 0.4) is 0 Å². The van der Waals surface area contributed by atoms with Crippen LogP contribution in [0.5, 0.6) is 5.75 Å². The van der Waals surface area contributed by atoms with Crippen molar-refractivity contribution < 1.29 is 5.11 Å². The number of hydrogen-bond acceptors (Lipinski definition) is 6. The van der Waals surface area contributed by atoms with E-state index in [-0.39, 0.29) is 11.7 Å². The Labute approximate surface area is 117 Å². The molecule has 3 rings (SSSR count). The van der Waals surface area contributed by atoms with Crippen LogP contribution in [-0.4, -0.2) is 41.3 Å². The summed E-state index contributed by atoms with van der Waals surface area (Å²) in [4.78, 5) is 10.6. The molecule has 0 aliphatic carbocycles. The summed E-state index contributed by atoms with van der Waals surface area (Å²) in [6.07, 6.45) is 0. The van der Waals surface area contributed by atoms with E-state index in [1.807, 2.05) is 6.07 Å². The number of anilines is 2. The molecule has 20 heavy (non-hydrogen) atoms. The van der Waals surface area contributed by atoms with Crippen molar-refractivity contribution >= 4 is 11.8 Å².